The molecule has 1 heterocycles. The minimum atomic E-state index is -0.872. The number of nitrogens with two attached hydrogens (primary N) is 1. The quantitative estimate of drug-likeness (QED) is 0.287. The predicted molar refractivity (Wildman–Crippen MR) is 172 cm³/mol. The molecule has 0 bridgehead atoms. The monoisotopic (exact) mass is 623 g/mol. The average Bonchev–Trinajstić information content (AvgIpc) is 3.04. The van der Waals surface area contributed by atoms with Crippen molar-refractivity contribution >= 4 is 40.3 Å². The molecule has 3 N–H and O–H groups in total. The van der Waals surface area contributed by atoms with E-state index in [1.165, 1.54) is 4.90 Å². The van der Waals surface area contributed by atoms with Gasteiger partial charge in [0.25, 0.3) is 0 Å². The number of nitrogens with one attached hydrogen (secondary N) is 1. The van der Waals surface area contributed by atoms with Gasteiger partial charge in [0.1, 0.15) is 11.8 Å². The summed E-state index contributed by atoms with van der Waals surface area (Å²) in [6.45, 7) is 1.96. The molecule has 0 spiro atoms. The first-order valence-electron chi connectivity index (χ1n) is 14.9. The van der Waals surface area contributed by atoms with Gasteiger partial charge in [-0.15, -0.1) is 0 Å². The molecule has 0 radical (unpaired) electrons. The summed E-state index contributed by atoms with van der Waals surface area (Å²) in [7, 11) is 5.62. The Labute approximate surface area is 264 Å². The van der Waals surface area contributed by atoms with E-state index < -0.39 is 12.1 Å². The molecule has 11 heteroatoms. The number of ether oxygens (including phenoxy) is 2. The van der Waals surface area contributed by atoms with Crippen molar-refractivity contribution in [2.45, 2.75) is 44.8 Å². The van der Waals surface area contributed by atoms with E-state index in [-0.39, 0.29) is 43.7 Å². The number of carbonyl (C=O) groups excluding carboxylic acids is 3. The van der Waals surface area contributed by atoms with Crippen molar-refractivity contribution in [3.8, 4) is 11.5 Å². The molecule has 0 saturated carbocycles. The van der Waals surface area contributed by atoms with E-state index in [1.807, 2.05) is 62.6 Å². The Morgan fingerprint density at radius 3 is 2.57 bits per heavy atom. The van der Waals surface area contributed by atoms with Crippen LogP contribution in [0.1, 0.15) is 36.8 Å². The lowest BCUT2D eigenvalue weighted by Crippen LogP contribution is -2.61. The predicted octanol–water partition coefficient (Wildman–Crippen LogP) is 4.41. The molecule has 0 unspecified atom stereocenters. The summed E-state index contributed by atoms with van der Waals surface area (Å²) in [6.07, 6.45) is 2.36. The Kier molecular flexibility index (Phi) is 11.8. The van der Waals surface area contributed by atoms with Crippen LogP contribution in [0.5, 0.6) is 11.5 Å². The zero-order chi connectivity index (χ0) is 31.6. The Bertz CT molecular complexity index is 1470. The number of benzene rings is 3. The van der Waals surface area contributed by atoms with Crippen molar-refractivity contribution in [1.29, 1.82) is 0 Å². The Morgan fingerprint density at radius 2 is 1.82 bits per heavy atom. The van der Waals surface area contributed by atoms with E-state index in [1.54, 1.807) is 18.1 Å². The van der Waals surface area contributed by atoms with E-state index in [0.717, 1.165) is 47.7 Å². The van der Waals surface area contributed by atoms with Crippen molar-refractivity contribution in [3.05, 3.63) is 70.7 Å². The van der Waals surface area contributed by atoms with Crippen LogP contribution in [0.4, 0.5) is 4.79 Å². The van der Waals surface area contributed by atoms with Gasteiger partial charge in [-0.05, 0) is 56.6 Å². The van der Waals surface area contributed by atoms with Gasteiger partial charge >= 0.3 is 6.09 Å². The topological polar surface area (TPSA) is 117 Å². The third-order valence-corrected chi connectivity index (χ3v) is 8.21. The highest BCUT2D eigenvalue weighted by Gasteiger charge is 2.37. The first kappa shape index (κ1) is 33.0. The van der Waals surface area contributed by atoms with Crippen LogP contribution < -0.4 is 20.5 Å². The van der Waals surface area contributed by atoms with Gasteiger partial charge < -0.3 is 35.2 Å². The first-order valence-corrected chi connectivity index (χ1v) is 15.3. The van der Waals surface area contributed by atoms with E-state index in [0.29, 0.717) is 23.7 Å². The number of hydrogen-bond donors (Lipinski definition) is 2. The summed E-state index contributed by atoms with van der Waals surface area (Å²) in [6, 6.07) is 15.8. The minimum Gasteiger partial charge on any atom is -0.496 e. The second-order valence-corrected chi connectivity index (χ2v) is 11.6. The maximum atomic E-state index is 13.6. The number of hydrogen-bond acceptors (Lipinski definition) is 7. The van der Waals surface area contributed by atoms with Gasteiger partial charge in [-0.25, -0.2) is 4.79 Å². The van der Waals surface area contributed by atoms with E-state index in [2.05, 4.69) is 10.2 Å². The van der Waals surface area contributed by atoms with Gasteiger partial charge in [0.2, 0.25) is 11.8 Å². The standard InChI is InChI=1S/C33H42ClN5O5/c1-37(2)16-8-4-5-11-30(40)39-18-17-38(33(42)44-28-15-14-24-9-6-7-10-26(24)31(28)34)22-27(39)32(41)36-21-23-12-13-25(20-35)29(19-23)43-3/h6-7,9-10,12-15,19,27H,4-5,8,11,16-18,20-22,35H2,1-3H3,(H,36,41)/t27-/m0/s1. The fourth-order valence-electron chi connectivity index (χ4n) is 5.32. The average molecular weight is 624 g/mol. The molecule has 1 fully saturated rings. The SMILES string of the molecule is COc1cc(CNC(=O)[C@@H]2CN(C(=O)Oc3ccc4ccccc4c3Cl)CCN2C(=O)CCCCCN(C)C)ccc1CN. The summed E-state index contributed by atoms with van der Waals surface area (Å²) in [4.78, 5) is 45.4. The van der Waals surface area contributed by atoms with Gasteiger partial charge in [-0.2, -0.15) is 0 Å². The third kappa shape index (κ3) is 8.40. The zero-order valence-corrected chi connectivity index (χ0v) is 26.4. The first-order chi connectivity index (χ1) is 21.2. The molecule has 1 saturated heterocycles. The maximum absolute atomic E-state index is 13.6. The van der Waals surface area contributed by atoms with Gasteiger partial charge in [-0.1, -0.05) is 60.5 Å². The molecule has 10 nitrogen and oxygen atoms in total. The Balaban J connectivity index is 1.45. The summed E-state index contributed by atoms with van der Waals surface area (Å²) >= 11 is 6.57. The highest BCUT2D eigenvalue weighted by Crippen LogP contribution is 2.33. The fraction of sp³-hybridized carbons (Fsp3) is 0.424. The van der Waals surface area contributed by atoms with Crippen molar-refractivity contribution in [3.63, 3.8) is 0 Å². The number of carbonyl (C=O) groups is 3. The summed E-state index contributed by atoms with van der Waals surface area (Å²) in [5.41, 5.74) is 7.47. The molecule has 236 valence electrons. The molecule has 1 aliphatic rings. The third-order valence-electron chi connectivity index (χ3n) is 7.82. The number of fused-ring (bicyclic) bond motifs is 1. The second-order valence-electron chi connectivity index (χ2n) is 11.2. The number of rotatable bonds is 12. The van der Waals surface area contributed by atoms with E-state index >= 15 is 0 Å². The number of amides is 3. The van der Waals surface area contributed by atoms with Gasteiger partial charge in [-0.3, -0.25) is 9.59 Å². The second kappa shape index (κ2) is 15.7. The molecular weight excluding hydrogens is 582 g/mol. The molecule has 1 aliphatic heterocycles. The summed E-state index contributed by atoms with van der Waals surface area (Å²) in [5, 5.41) is 4.98. The van der Waals surface area contributed by atoms with Gasteiger partial charge in [0.05, 0.1) is 18.7 Å². The highest BCUT2D eigenvalue weighted by atomic mass is 35.5. The number of halogens is 1. The lowest BCUT2D eigenvalue weighted by Gasteiger charge is -2.40. The molecule has 3 amide bonds. The van der Waals surface area contributed by atoms with Crippen LogP contribution in [-0.2, 0) is 22.7 Å². The molecule has 3 aromatic carbocycles. The van der Waals surface area contributed by atoms with Crippen LogP contribution in [0.25, 0.3) is 10.8 Å². The van der Waals surface area contributed by atoms with Crippen LogP contribution in [0.3, 0.4) is 0 Å². The van der Waals surface area contributed by atoms with Crippen LogP contribution in [0, 0.1) is 0 Å². The maximum Gasteiger partial charge on any atom is 0.415 e. The number of piperazine rings is 1. The summed E-state index contributed by atoms with van der Waals surface area (Å²) < 4.78 is 11.1. The Morgan fingerprint density at radius 1 is 1.02 bits per heavy atom. The van der Waals surface area contributed by atoms with Crippen molar-refractivity contribution < 1.29 is 23.9 Å². The highest BCUT2D eigenvalue weighted by molar-refractivity contribution is 6.37. The number of methoxy groups -OCH3 is 1. The molecular formula is C33H42ClN5O5. The number of unbranched alkanes of at least 4 members (excludes halogenated alkanes) is 2. The molecule has 0 aliphatic carbocycles. The zero-order valence-electron chi connectivity index (χ0n) is 25.7. The molecule has 4 rings (SSSR count). The normalized spacial score (nSPS) is 15.0. The molecule has 0 aromatic heterocycles. The van der Waals surface area contributed by atoms with Gasteiger partial charge in [0.15, 0.2) is 5.75 Å². The smallest absolute Gasteiger partial charge is 0.415 e. The lowest BCUT2D eigenvalue weighted by molar-refractivity contribution is -0.143. The van der Waals surface area contributed by atoms with Crippen molar-refractivity contribution in [2.24, 2.45) is 5.73 Å². The molecule has 44 heavy (non-hydrogen) atoms. The summed E-state index contributed by atoms with van der Waals surface area (Å²) in [5.74, 6) is 0.426. The lowest BCUT2D eigenvalue weighted by atomic mass is 10.1. The van der Waals surface area contributed by atoms with Gasteiger partial charge in [0, 0.05) is 43.5 Å². The largest absolute Gasteiger partial charge is 0.496 e. The van der Waals surface area contributed by atoms with E-state index in [4.69, 9.17) is 26.8 Å². The fourth-order valence-corrected chi connectivity index (χ4v) is 5.60. The van der Waals surface area contributed by atoms with Crippen LogP contribution in [0.15, 0.2) is 54.6 Å². The molecule has 1 atom stereocenters. The minimum absolute atomic E-state index is 0.00231. The Hall–Kier alpha value is -3.86. The van der Waals surface area contributed by atoms with Crippen molar-refractivity contribution in [2.75, 3.05) is 47.4 Å². The van der Waals surface area contributed by atoms with Crippen LogP contribution in [-0.4, -0.2) is 86.0 Å². The van der Waals surface area contributed by atoms with Crippen LogP contribution >= 0.6 is 11.6 Å². The van der Waals surface area contributed by atoms with Crippen LogP contribution in [0.2, 0.25) is 5.02 Å². The van der Waals surface area contributed by atoms with Crippen molar-refractivity contribution in [1.82, 2.24) is 20.0 Å². The number of nitrogens with zero attached hydrogens (tertiary/aromatic N) is 3. The van der Waals surface area contributed by atoms with E-state index in [9.17, 15) is 14.4 Å². The molecule has 3 aromatic rings.